The Bertz CT molecular complexity index is 1490. The summed E-state index contributed by atoms with van der Waals surface area (Å²) in [6.45, 7) is 1.14. The van der Waals surface area contributed by atoms with Gasteiger partial charge in [-0.25, -0.2) is 12.8 Å². The fraction of sp³-hybridized carbons (Fsp3) is 0.286. The van der Waals surface area contributed by atoms with Gasteiger partial charge in [0, 0.05) is 35.2 Å². The minimum atomic E-state index is -3.85. The van der Waals surface area contributed by atoms with E-state index in [2.05, 4.69) is 15.5 Å². The van der Waals surface area contributed by atoms with Gasteiger partial charge in [-0.2, -0.15) is 0 Å². The first-order valence-corrected chi connectivity index (χ1v) is 15.2. The first kappa shape index (κ1) is 28.4. The summed E-state index contributed by atoms with van der Waals surface area (Å²) in [7, 11) is -3.85. The molecule has 3 aromatic carbocycles. The van der Waals surface area contributed by atoms with Crippen LogP contribution in [-0.2, 0) is 14.8 Å². The molecule has 2 fully saturated rings. The van der Waals surface area contributed by atoms with Crippen molar-refractivity contribution in [2.24, 2.45) is 0 Å². The Balaban J connectivity index is 1.41. The van der Waals surface area contributed by atoms with Gasteiger partial charge in [0.15, 0.2) is 0 Å². The summed E-state index contributed by atoms with van der Waals surface area (Å²) in [4.78, 5) is 26.8. The van der Waals surface area contributed by atoms with Crippen LogP contribution in [0.2, 0.25) is 10.0 Å². The molecule has 0 radical (unpaired) electrons. The summed E-state index contributed by atoms with van der Waals surface area (Å²) in [5.74, 6) is -1.73. The first-order chi connectivity index (χ1) is 19.0. The number of amides is 2. The normalized spacial score (nSPS) is 17.9. The number of anilines is 1. The van der Waals surface area contributed by atoms with E-state index in [-0.39, 0.29) is 23.2 Å². The van der Waals surface area contributed by atoms with Crippen molar-refractivity contribution in [2.45, 2.75) is 24.5 Å². The van der Waals surface area contributed by atoms with Crippen molar-refractivity contribution in [2.75, 3.05) is 30.2 Å². The number of carbonyl (C=O) groups excluding carboxylic acids is 2. The van der Waals surface area contributed by atoms with Gasteiger partial charge in [-0.1, -0.05) is 47.5 Å². The number of halogens is 3. The van der Waals surface area contributed by atoms with Crippen molar-refractivity contribution in [3.63, 3.8) is 0 Å². The predicted octanol–water partition coefficient (Wildman–Crippen LogP) is 3.99. The second-order valence-corrected chi connectivity index (χ2v) is 12.7. The Hall–Kier alpha value is -3.18. The first-order valence-electron chi connectivity index (χ1n) is 12.6. The molecule has 1 unspecified atom stereocenters. The molecule has 210 valence electrons. The number of carbonyl (C=O) groups is 2. The van der Waals surface area contributed by atoms with Gasteiger partial charge in [-0.3, -0.25) is 18.8 Å². The van der Waals surface area contributed by atoms with E-state index in [0.29, 0.717) is 36.1 Å². The molecule has 0 aromatic heterocycles. The fourth-order valence-corrected chi connectivity index (χ4v) is 6.65. The summed E-state index contributed by atoms with van der Waals surface area (Å²) >= 11 is 12.2. The quantitative estimate of drug-likeness (QED) is 0.405. The molecule has 2 aliphatic heterocycles. The molecule has 2 N–H and O–H groups in total. The Labute approximate surface area is 242 Å². The van der Waals surface area contributed by atoms with Crippen LogP contribution in [0.25, 0.3) is 0 Å². The van der Waals surface area contributed by atoms with Crippen molar-refractivity contribution in [1.29, 1.82) is 0 Å². The van der Waals surface area contributed by atoms with E-state index in [9.17, 15) is 22.4 Å². The summed E-state index contributed by atoms with van der Waals surface area (Å²) in [6, 6.07) is 16.9. The monoisotopic (exact) mass is 604 g/mol. The molecule has 2 heterocycles. The van der Waals surface area contributed by atoms with Gasteiger partial charge in [0.25, 0.3) is 5.91 Å². The van der Waals surface area contributed by atoms with Crippen LogP contribution in [0.15, 0.2) is 66.7 Å². The van der Waals surface area contributed by atoms with E-state index >= 15 is 0 Å². The van der Waals surface area contributed by atoms with Gasteiger partial charge in [-0.05, 0) is 60.0 Å². The molecule has 2 saturated heterocycles. The molecule has 3 aromatic rings. The van der Waals surface area contributed by atoms with Crippen LogP contribution < -0.4 is 14.9 Å². The maximum absolute atomic E-state index is 14.7. The average Bonchev–Trinajstić information content (AvgIpc) is 3.27. The number of hydrogen-bond donors (Lipinski definition) is 2. The largest absolute Gasteiger partial charge is 0.354 e. The third-order valence-corrected chi connectivity index (χ3v) is 8.80. The molecular weight excluding hydrogens is 578 g/mol. The highest BCUT2D eigenvalue weighted by Gasteiger charge is 2.41. The van der Waals surface area contributed by atoms with Gasteiger partial charge < -0.3 is 10.6 Å². The Morgan fingerprint density at radius 1 is 1.02 bits per heavy atom. The van der Waals surface area contributed by atoms with Crippen LogP contribution in [0.1, 0.15) is 33.9 Å². The fourth-order valence-electron chi connectivity index (χ4n) is 5.23. The van der Waals surface area contributed by atoms with E-state index in [1.54, 1.807) is 24.3 Å². The summed E-state index contributed by atoms with van der Waals surface area (Å²) < 4.78 is 41.8. The van der Waals surface area contributed by atoms with Gasteiger partial charge in [0.2, 0.25) is 15.9 Å². The molecule has 12 heteroatoms. The number of nitrogens with zero attached hydrogens (tertiary/aromatic N) is 2. The highest BCUT2D eigenvalue weighted by atomic mass is 35.5. The van der Waals surface area contributed by atoms with Crippen molar-refractivity contribution >= 4 is 50.7 Å². The maximum Gasteiger partial charge on any atom is 0.252 e. The van der Waals surface area contributed by atoms with E-state index < -0.39 is 33.8 Å². The van der Waals surface area contributed by atoms with Gasteiger partial charge in [0.05, 0.1) is 24.0 Å². The van der Waals surface area contributed by atoms with Crippen molar-refractivity contribution < 1.29 is 22.4 Å². The molecule has 0 bridgehead atoms. The van der Waals surface area contributed by atoms with Crippen LogP contribution in [0.3, 0.4) is 0 Å². The standard InChI is InChI=1S/C28H27Cl2FN4O4S/c1-40(38,39)35(23-13-19(12-22(31)14-23)27(36)33-25-10-11-32-28(25)37)24-15-34(16-24)26(17-2-6-20(29)7-3-17)18-4-8-21(30)9-5-18/h2-9,12-14,24-26H,10-11,15-16H2,1H3,(H,32,37)(H,33,36). The van der Waals surface area contributed by atoms with Gasteiger partial charge in [-0.15, -0.1) is 0 Å². The van der Waals surface area contributed by atoms with Gasteiger partial charge in [0.1, 0.15) is 11.9 Å². The zero-order valence-corrected chi connectivity index (χ0v) is 23.8. The van der Waals surface area contributed by atoms with E-state index in [1.165, 1.54) is 6.07 Å². The molecule has 0 spiro atoms. The molecule has 2 aliphatic rings. The van der Waals surface area contributed by atoms with E-state index in [4.69, 9.17) is 23.2 Å². The van der Waals surface area contributed by atoms with Crippen molar-refractivity contribution in [1.82, 2.24) is 15.5 Å². The van der Waals surface area contributed by atoms with Crippen molar-refractivity contribution in [3.05, 3.63) is 99.3 Å². The molecule has 2 amide bonds. The lowest BCUT2D eigenvalue weighted by Gasteiger charge is -2.48. The second-order valence-electron chi connectivity index (χ2n) is 9.98. The molecule has 1 atom stereocenters. The van der Waals surface area contributed by atoms with Crippen LogP contribution in [0.4, 0.5) is 10.1 Å². The highest BCUT2D eigenvalue weighted by molar-refractivity contribution is 7.92. The number of benzene rings is 3. The lowest BCUT2D eigenvalue weighted by molar-refractivity contribution is -0.120. The van der Waals surface area contributed by atoms with Crippen molar-refractivity contribution in [3.8, 4) is 0 Å². The number of likely N-dealkylation sites (tertiary alicyclic amines) is 1. The number of rotatable bonds is 8. The topological polar surface area (TPSA) is 98.8 Å². The minimum Gasteiger partial charge on any atom is -0.354 e. The second kappa shape index (κ2) is 11.4. The molecule has 0 saturated carbocycles. The molecule has 40 heavy (non-hydrogen) atoms. The zero-order chi connectivity index (χ0) is 28.6. The minimum absolute atomic E-state index is 0.0442. The molecular formula is C28H27Cl2FN4O4S. The lowest BCUT2D eigenvalue weighted by Crippen LogP contribution is -2.61. The van der Waals surface area contributed by atoms with E-state index in [0.717, 1.165) is 33.8 Å². The van der Waals surface area contributed by atoms with Crippen LogP contribution in [0.5, 0.6) is 0 Å². The third-order valence-electron chi connectivity index (χ3n) is 7.07. The summed E-state index contributed by atoms with van der Waals surface area (Å²) in [6.07, 6.45) is 1.47. The number of sulfonamides is 1. The van der Waals surface area contributed by atoms with Crippen LogP contribution in [0, 0.1) is 5.82 Å². The van der Waals surface area contributed by atoms with Crippen LogP contribution in [-0.4, -0.2) is 63.1 Å². The molecule has 5 rings (SSSR count). The SMILES string of the molecule is CS(=O)(=O)N(c1cc(F)cc(C(=O)NC2CCNC2=O)c1)C1CN(C(c2ccc(Cl)cc2)c2ccc(Cl)cc2)C1. The van der Waals surface area contributed by atoms with E-state index in [1.807, 2.05) is 24.3 Å². The predicted molar refractivity (Wildman–Crippen MR) is 153 cm³/mol. The smallest absolute Gasteiger partial charge is 0.252 e. The zero-order valence-electron chi connectivity index (χ0n) is 21.5. The Morgan fingerprint density at radius 2 is 1.60 bits per heavy atom. The molecule has 8 nitrogen and oxygen atoms in total. The third kappa shape index (κ3) is 6.10. The summed E-state index contributed by atoms with van der Waals surface area (Å²) in [5.41, 5.74) is 1.91. The lowest BCUT2D eigenvalue weighted by atomic mass is 9.93. The highest BCUT2D eigenvalue weighted by Crippen LogP contribution is 2.37. The van der Waals surface area contributed by atoms with Crippen LogP contribution >= 0.6 is 23.2 Å². The number of hydrogen-bond acceptors (Lipinski definition) is 5. The Kier molecular flexibility index (Phi) is 8.05. The molecule has 0 aliphatic carbocycles. The summed E-state index contributed by atoms with van der Waals surface area (Å²) in [5, 5.41) is 6.41. The Morgan fingerprint density at radius 3 is 2.10 bits per heavy atom. The maximum atomic E-state index is 14.7. The van der Waals surface area contributed by atoms with Gasteiger partial charge >= 0.3 is 0 Å². The average molecular weight is 606 g/mol. The number of nitrogens with one attached hydrogen (secondary N) is 2.